The van der Waals surface area contributed by atoms with Crippen molar-refractivity contribution in [3.63, 3.8) is 0 Å². The molecule has 0 unspecified atom stereocenters. The quantitative estimate of drug-likeness (QED) is 0.817. The summed E-state index contributed by atoms with van der Waals surface area (Å²) in [5, 5.41) is 5.31. The van der Waals surface area contributed by atoms with Gasteiger partial charge in [-0.2, -0.15) is 0 Å². The summed E-state index contributed by atoms with van der Waals surface area (Å²) in [5.41, 5.74) is 5.77. The van der Waals surface area contributed by atoms with Crippen molar-refractivity contribution in [1.29, 1.82) is 0 Å². The van der Waals surface area contributed by atoms with Gasteiger partial charge in [0.1, 0.15) is 0 Å². The van der Waals surface area contributed by atoms with E-state index in [1.165, 1.54) is 17.8 Å². The molecule has 0 radical (unpaired) electrons. The van der Waals surface area contributed by atoms with Crippen molar-refractivity contribution in [2.24, 2.45) is 11.1 Å². The summed E-state index contributed by atoms with van der Waals surface area (Å²) < 4.78 is 0. The Morgan fingerprint density at radius 3 is 2.93 bits per heavy atom. The van der Waals surface area contributed by atoms with Crippen LogP contribution in [-0.2, 0) is 4.79 Å². The maximum atomic E-state index is 11.7. The van der Waals surface area contributed by atoms with Gasteiger partial charge in [-0.15, -0.1) is 11.3 Å². The van der Waals surface area contributed by atoms with E-state index in [0.29, 0.717) is 18.1 Å². The zero-order valence-electron chi connectivity index (χ0n) is 8.53. The van der Waals surface area contributed by atoms with Gasteiger partial charge >= 0.3 is 0 Å². The summed E-state index contributed by atoms with van der Waals surface area (Å²) in [6.07, 6.45) is 5.57. The van der Waals surface area contributed by atoms with E-state index >= 15 is 0 Å². The first kappa shape index (κ1) is 10.6. The first-order valence-corrected chi connectivity index (χ1v) is 6.01. The predicted octanol–water partition coefficient (Wildman–Crippen LogP) is 1.60. The van der Waals surface area contributed by atoms with Gasteiger partial charge in [-0.25, -0.2) is 4.98 Å². The highest BCUT2D eigenvalue weighted by molar-refractivity contribution is 7.13. The number of carbonyl (C=O) groups excluding carboxylic acids is 1. The number of hydrogen-bond acceptors (Lipinski definition) is 4. The molecule has 2 rings (SSSR count). The van der Waals surface area contributed by atoms with Gasteiger partial charge in [0.15, 0.2) is 5.13 Å². The molecule has 1 aliphatic rings. The van der Waals surface area contributed by atoms with Crippen LogP contribution in [0.25, 0.3) is 0 Å². The predicted molar refractivity (Wildman–Crippen MR) is 60.7 cm³/mol. The van der Waals surface area contributed by atoms with Crippen LogP contribution >= 0.6 is 11.3 Å². The van der Waals surface area contributed by atoms with Gasteiger partial charge in [-0.1, -0.05) is 6.42 Å². The smallest absolute Gasteiger partial charge is 0.226 e. The summed E-state index contributed by atoms with van der Waals surface area (Å²) >= 11 is 1.44. The van der Waals surface area contributed by atoms with Gasteiger partial charge in [0.25, 0.3) is 0 Å². The van der Waals surface area contributed by atoms with Crippen molar-refractivity contribution >= 4 is 22.4 Å². The number of nitrogens with zero attached hydrogens (tertiary/aromatic N) is 1. The minimum Gasteiger partial charge on any atom is -0.330 e. The van der Waals surface area contributed by atoms with Crippen molar-refractivity contribution in [2.45, 2.75) is 25.7 Å². The number of amides is 1. The molecule has 1 aromatic heterocycles. The number of aromatic nitrogens is 1. The standard InChI is InChI=1S/C10H15N3OS/c11-7-10(2-1-3-10)6-8(14)13-9-12-4-5-15-9/h4-5H,1-3,6-7,11H2,(H,12,13,14). The van der Waals surface area contributed by atoms with Crippen LogP contribution in [0.3, 0.4) is 0 Å². The van der Waals surface area contributed by atoms with Crippen LogP contribution in [-0.4, -0.2) is 17.4 Å². The zero-order valence-corrected chi connectivity index (χ0v) is 9.35. The molecule has 1 aliphatic carbocycles. The molecule has 1 amide bonds. The molecule has 82 valence electrons. The van der Waals surface area contributed by atoms with Crippen LogP contribution in [0.4, 0.5) is 5.13 Å². The summed E-state index contributed by atoms with van der Waals surface area (Å²) in [7, 11) is 0. The third-order valence-electron chi connectivity index (χ3n) is 3.06. The third kappa shape index (κ3) is 2.35. The fourth-order valence-corrected chi connectivity index (χ4v) is 2.46. The van der Waals surface area contributed by atoms with Crippen LogP contribution in [0, 0.1) is 5.41 Å². The maximum Gasteiger partial charge on any atom is 0.226 e. The minimum absolute atomic E-state index is 0.0371. The molecule has 0 saturated heterocycles. The van der Waals surface area contributed by atoms with Gasteiger partial charge in [-0.3, -0.25) is 4.79 Å². The average molecular weight is 225 g/mol. The second kappa shape index (κ2) is 4.28. The number of carbonyl (C=O) groups is 1. The Morgan fingerprint density at radius 2 is 2.47 bits per heavy atom. The van der Waals surface area contributed by atoms with E-state index in [0.717, 1.165) is 12.8 Å². The lowest BCUT2D eigenvalue weighted by atomic mass is 9.66. The summed E-state index contributed by atoms with van der Waals surface area (Å²) in [6.45, 7) is 0.609. The number of anilines is 1. The molecule has 5 heteroatoms. The highest BCUT2D eigenvalue weighted by Crippen LogP contribution is 2.43. The SMILES string of the molecule is NCC1(CC(=O)Nc2nccs2)CCC1. The van der Waals surface area contributed by atoms with Crippen molar-refractivity contribution in [2.75, 3.05) is 11.9 Å². The number of hydrogen-bond donors (Lipinski definition) is 2. The summed E-state index contributed by atoms with van der Waals surface area (Å²) in [4.78, 5) is 15.7. The van der Waals surface area contributed by atoms with Crippen LogP contribution in [0.2, 0.25) is 0 Å². The van der Waals surface area contributed by atoms with E-state index in [1.807, 2.05) is 5.38 Å². The fraction of sp³-hybridized carbons (Fsp3) is 0.600. The number of nitrogens with two attached hydrogens (primary N) is 1. The zero-order chi connectivity index (χ0) is 10.7. The molecule has 15 heavy (non-hydrogen) atoms. The van der Waals surface area contributed by atoms with Gasteiger partial charge in [0, 0.05) is 18.0 Å². The lowest BCUT2D eigenvalue weighted by molar-refractivity contribution is -0.119. The lowest BCUT2D eigenvalue weighted by Gasteiger charge is -2.40. The molecule has 0 atom stereocenters. The van der Waals surface area contributed by atoms with Crippen molar-refractivity contribution in [3.8, 4) is 0 Å². The molecule has 1 aromatic rings. The van der Waals surface area contributed by atoms with E-state index < -0.39 is 0 Å². The van der Waals surface area contributed by atoms with E-state index in [-0.39, 0.29) is 11.3 Å². The lowest BCUT2D eigenvalue weighted by Crippen LogP contribution is -2.40. The molecule has 1 fully saturated rings. The largest absolute Gasteiger partial charge is 0.330 e. The molecule has 1 saturated carbocycles. The van der Waals surface area contributed by atoms with Crippen molar-refractivity contribution < 1.29 is 4.79 Å². The summed E-state index contributed by atoms with van der Waals surface area (Å²) in [5.74, 6) is 0.0371. The molecule has 3 N–H and O–H groups in total. The molecular formula is C10H15N3OS. The second-order valence-corrected chi connectivity index (χ2v) is 5.01. The maximum absolute atomic E-state index is 11.7. The normalized spacial score (nSPS) is 18.2. The minimum atomic E-state index is 0.0371. The van der Waals surface area contributed by atoms with E-state index in [4.69, 9.17) is 5.73 Å². The van der Waals surface area contributed by atoms with E-state index in [1.54, 1.807) is 6.20 Å². The second-order valence-electron chi connectivity index (χ2n) is 4.12. The van der Waals surface area contributed by atoms with Gasteiger partial charge in [0.05, 0.1) is 0 Å². The first-order chi connectivity index (χ1) is 7.24. The molecule has 0 bridgehead atoms. The van der Waals surface area contributed by atoms with Crippen molar-refractivity contribution in [1.82, 2.24) is 4.98 Å². The van der Waals surface area contributed by atoms with Crippen LogP contribution in [0.5, 0.6) is 0 Å². The molecular weight excluding hydrogens is 210 g/mol. The number of rotatable bonds is 4. The van der Waals surface area contributed by atoms with E-state index in [9.17, 15) is 4.79 Å². The molecule has 4 nitrogen and oxygen atoms in total. The Balaban J connectivity index is 1.87. The van der Waals surface area contributed by atoms with Gasteiger partial charge in [-0.05, 0) is 24.8 Å². The third-order valence-corrected chi connectivity index (χ3v) is 3.75. The Hall–Kier alpha value is -0.940. The Kier molecular flexibility index (Phi) is 3.02. The molecule has 0 aliphatic heterocycles. The number of nitrogens with one attached hydrogen (secondary N) is 1. The molecule has 0 aromatic carbocycles. The Labute approximate surface area is 92.9 Å². The average Bonchev–Trinajstić information content (AvgIpc) is 2.64. The van der Waals surface area contributed by atoms with Crippen molar-refractivity contribution in [3.05, 3.63) is 11.6 Å². The Bertz CT molecular complexity index is 327. The topological polar surface area (TPSA) is 68.0 Å². The van der Waals surface area contributed by atoms with Gasteiger partial charge < -0.3 is 11.1 Å². The monoisotopic (exact) mass is 225 g/mol. The van der Waals surface area contributed by atoms with Crippen LogP contribution < -0.4 is 11.1 Å². The highest BCUT2D eigenvalue weighted by Gasteiger charge is 2.37. The van der Waals surface area contributed by atoms with Crippen LogP contribution in [0.15, 0.2) is 11.6 Å². The molecule has 0 spiro atoms. The number of thiazole rings is 1. The summed E-state index contributed by atoms with van der Waals surface area (Å²) in [6, 6.07) is 0. The Morgan fingerprint density at radius 1 is 1.67 bits per heavy atom. The van der Waals surface area contributed by atoms with E-state index in [2.05, 4.69) is 10.3 Å². The molecule has 1 heterocycles. The van der Waals surface area contributed by atoms with Crippen LogP contribution in [0.1, 0.15) is 25.7 Å². The van der Waals surface area contributed by atoms with Gasteiger partial charge in [0.2, 0.25) is 5.91 Å². The highest BCUT2D eigenvalue weighted by atomic mass is 32.1. The fourth-order valence-electron chi connectivity index (χ4n) is 1.92. The first-order valence-electron chi connectivity index (χ1n) is 5.14.